The van der Waals surface area contributed by atoms with Gasteiger partial charge in [0, 0.05) is 17.7 Å². The van der Waals surface area contributed by atoms with Gasteiger partial charge >= 0.3 is 0 Å². The van der Waals surface area contributed by atoms with Crippen LogP contribution in [0, 0.1) is 6.92 Å². The first-order valence-electron chi connectivity index (χ1n) is 11.8. The van der Waals surface area contributed by atoms with E-state index in [2.05, 4.69) is 10.1 Å². The summed E-state index contributed by atoms with van der Waals surface area (Å²) >= 11 is 0. The van der Waals surface area contributed by atoms with Crippen molar-refractivity contribution in [3.8, 4) is 28.6 Å². The third-order valence-electron chi connectivity index (χ3n) is 5.71. The molecule has 1 aliphatic heterocycles. The maximum absolute atomic E-state index is 13.6. The summed E-state index contributed by atoms with van der Waals surface area (Å²) in [6, 6.07) is 11.1. The Kier molecular flexibility index (Phi) is 7.35. The second-order valence-corrected chi connectivity index (χ2v) is 8.08. The molecule has 0 bridgehead atoms. The maximum Gasteiger partial charge on any atom is 0.254 e. The lowest BCUT2D eigenvalue weighted by Gasteiger charge is -2.23. The summed E-state index contributed by atoms with van der Waals surface area (Å²) in [5.41, 5.74) is 2.51. The van der Waals surface area contributed by atoms with Gasteiger partial charge in [0.25, 0.3) is 5.91 Å². The van der Waals surface area contributed by atoms with Gasteiger partial charge in [-0.3, -0.25) is 4.79 Å². The van der Waals surface area contributed by atoms with Crippen LogP contribution in [0.25, 0.3) is 11.4 Å². The fraction of sp³-hybridized carbons (Fsp3) is 0.423. The summed E-state index contributed by atoms with van der Waals surface area (Å²) in [6.07, 6.45) is 1.61. The van der Waals surface area contributed by atoms with E-state index in [4.69, 9.17) is 18.7 Å². The van der Waals surface area contributed by atoms with E-state index in [-0.39, 0.29) is 11.9 Å². The molecule has 0 saturated carbocycles. The molecular weight excluding hydrogens is 434 g/mol. The van der Waals surface area contributed by atoms with Crippen LogP contribution < -0.4 is 14.2 Å². The molecule has 0 radical (unpaired) electrons. The van der Waals surface area contributed by atoms with Crippen molar-refractivity contribution >= 4 is 5.91 Å². The van der Waals surface area contributed by atoms with E-state index >= 15 is 0 Å². The third-order valence-corrected chi connectivity index (χ3v) is 5.71. The molecule has 1 aliphatic rings. The molecule has 1 aromatic heterocycles. The topological polar surface area (TPSA) is 86.9 Å². The zero-order valence-electron chi connectivity index (χ0n) is 20.2. The van der Waals surface area contributed by atoms with Crippen LogP contribution in [0.4, 0.5) is 0 Å². The lowest BCUT2D eigenvalue weighted by molar-refractivity contribution is 0.0709. The Labute approximate surface area is 199 Å². The van der Waals surface area contributed by atoms with E-state index in [1.807, 2.05) is 52.0 Å². The summed E-state index contributed by atoms with van der Waals surface area (Å²) < 4.78 is 22.9. The molecule has 0 unspecified atom stereocenters. The zero-order chi connectivity index (χ0) is 24.1. The summed E-state index contributed by atoms with van der Waals surface area (Å²) in [4.78, 5) is 20.0. The number of carbonyl (C=O) groups excluding carboxylic acids is 1. The highest BCUT2D eigenvalue weighted by atomic mass is 16.5. The van der Waals surface area contributed by atoms with Crippen LogP contribution in [0.2, 0.25) is 0 Å². The molecule has 1 atom stereocenters. The number of hydrogen-bond donors (Lipinski definition) is 0. The monoisotopic (exact) mass is 465 g/mol. The first-order valence-corrected chi connectivity index (χ1v) is 11.8. The lowest BCUT2D eigenvalue weighted by atomic mass is 10.1. The third kappa shape index (κ3) is 4.85. The number of ether oxygens (including phenoxy) is 3. The molecule has 0 N–H and O–H groups in total. The molecule has 1 fully saturated rings. The number of likely N-dealkylation sites (tertiary alicyclic amines) is 1. The van der Waals surface area contributed by atoms with Crippen LogP contribution in [-0.2, 0) is 0 Å². The average molecular weight is 466 g/mol. The van der Waals surface area contributed by atoms with E-state index < -0.39 is 0 Å². The van der Waals surface area contributed by atoms with Gasteiger partial charge in [0.05, 0.1) is 19.8 Å². The Morgan fingerprint density at radius 2 is 1.68 bits per heavy atom. The van der Waals surface area contributed by atoms with E-state index in [0.717, 1.165) is 24.0 Å². The summed E-state index contributed by atoms with van der Waals surface area (Å²) in [5.74, 6) is 2.33. The SMILES string of the molecule is CCOc1cc(C(=O)N2CCC[C@H]2c2nc(-c3ccc(C)cc3)no2)cc(OCC)c1OCC. The second kappa shape index (κ2) is 10.6. The number of hydrogen-bond acceptors (Lipinski definition) is 7. The Morgan fingerprint density at radius 3 is 2.29 bits per heavy atom. The summed E-state index contributed by atoms with van der Waals surface area (Å²) in [7, 11) is 0. The molecule has 0 aliphatic carbocycles. The van der Waals surface area contributed by atoms with Gasteiger partial charge in [0.15, 0.2) is 11.5 Å². The predicted octanol–water partition coefficient (Wildman–Crippen LogP) is 5.22. The molecule has 3 aromatic rings. The van der Waals surface area contributed by atoms with Crippen molar-refractivity contribution in [2.24, 2.45) is 0 Å². The zero-order valence-corrected chi connectivity index (χ0v) is 20.2. The Balaban J connectivity index is 1.63. The van der Waals surface area contributed by atoms with Crippen molar-refractivity contribution in [1.29, 1.82) is 0 Å². The highest BCUT2D eigenvalue weighted by Crippen LogP contribution is 2.41. The van der Waals surface area contributed by atoms with Gasteiger partial charge in [-0.2, -0.15) is 4.98 Å². The quantitative estimate of drug-likeness (QED) is 0.428. The molecule has 2 heterocycles. The molecule has 180 valence electrons. The van der Waals surface area contributed by atoms with Crippen molar-refractivity contribution in [3.63, 3.8) is 0 Å². The molecule has 1 saturated heterocycles. The first-order chi connectivity index (χ1) is 16.5. The lowest BCUT2D eigenvalue weighted by Crippen LogP contribution is -2.30. The van der Waals surface area contributed by atoms with E-state index in [1.165, 1.54) is 0 Å². The number of aromatic nitrogens is 2. The second-order valence-electron chi connectivity index (χ2n) is 8.08. The number of aryl methyl sites for hydroxylation is 1. The maximum atomic E-state index is 13.6. The fourth-order valence-electron chi connectivity index (χ4n) is 4.13. The minimum Gasteiger partial charge on any atom is -0.490 e. The number of benzene rings is 2. The van der Waals surface area contributed by atoms with Crippen LogP contribution >= 0.6 is 0 Å². The van der Waals surface area contributed by atoms with Gasteiger partial charge in [-0.1, -0.05) is 35.0 Å². The number of nitrogens with zero attached hydrogens (tertiary/aromatic N) is 3. The van der Waals surface area contributed by atoms with Crippen LogP contribution in [0.1, 0.15) is 61.5 Å². The van der Waals surface area contributed by atoms with Gasteiger partial charge in [-0.15, -0.1) is 0 Å². The number of rotatable bonds is 9. The molecule has 8 nitrogen and oxygen atoms in total. The van der Waals surface area contributed by atoms with Crippen molar-refractivity contribution in [3.05, 3.63) is 53.4 Å². The molecular formula is C26H31N3O5. The van der Waals surface area contributed by atoms with Crippen LogP contribution in [-0.4, -0.2) is 47.3 Å². The Morgan fingerprint density at radius 1 is 1.03 bits per heavy atom. The molecule has 8 heteroatoms. The van der Waals surface area contributed by atoms with Crippen LogP contribution in [0.15, 0.2) is 40.9 Å². The van der Waals surface area contributed by atoms with Gasteiger partial charge in [-0.25, -0.2) is 0 Å². The van der Waals surface area contributed by atoms with Gasteiger partial charge in [-0.05, 0) is 52.7 Å². The molecule has 1 amide bonds. The van der Waals surface area contributed by atoms with Crippen LogP contribution in [0.3, 0.4) is 0 Å². The average Bonchev–Trinajstić information content (AvgIpc) is 3.51. The van der Waals surface area contributed by atoms with Crippen molar-refractivity contribution < 1.29 is 23.5 Å². The smallest absolute Gasteiger partial charge is 0.254 e. The molecule has 0 spiro atoms. The molecule has 4 rings (SSSR count). The minimum atomic E-state index is -0.281. The largest absolute Gasteiger partial charge is 0.490 e. The van der Waals surface area contributed by atoms with Gasteiger partial charge in [0.1, 0.15) is 6.04 Å². The number of carbonyl (C=O) groups is 1. The van der Waals surface area contributed by atoms with Gasteiger partial charge < -0.3 is 23.6 Å². The Bertz CT molecular complexity index is 1100. The van der Waals surface area contributed by atoms with Crippen molar-refractivity contribution in [2.45, 2.75) is 46.6 Å². The fourth-order valence-corrected chi connectivity index (χ4v) is 4.13. The normalized spacial score (nSPS) is 15.4. The van der Waals surface area contributed by atoms with E-state index in [0.29, 0.717) is 60.9 Å². The van der Waals surface area contributed by atoms with Crippen molar-refractivity contribution in [1.82, 2.24) is 15.0 Å². The van der Waals surface area contributed by atoms with Crippen molar-refractivity contribution in [2.75, 3.05) is 26.4 Å². The Hall–Kier alpha value is -3.55. The standard InChI is InChI=1S/C26H31N3O5/c1-5-31-21-15-19(16-22(32-6-2)23(21)33-7-3)26(30)29-14-8-9-20(29)25-27-24(28-34-25)18-12-10-17(4)11-13-18/h10-13,15-16,20H,5-9,14H2,1-4H3/t20-/m0/s1. The molecule has 2 aromatic carbocycles. The van der Waals surface area contributed by atoms with E-state index in [9.17, 15) is 4.79 Å². The first kappa shape index (κ1) is 23.6. The highest BCUT2D eigenvalue weighted by molar-refractivity contribution is 5.96. The highest BCUT2D eigenvalue weighted by Gasteiger charge is 2.35. The minimum absolute atomic E-state index is 0.137. The molecule has 34 heavy (non-hydrogen) atoms. The predicted molar refractivity (Wildman–Crippen MR) is 127 cm³/mol. The van der Waals surface area contributed by atoms with Crippen LogP contribution in [0.5, 0.6) is 17.2 Å². The van der Waals surface area contributed by atoms with Gasteiger partial charge in [0.2, 0.25) is 17.5 Å². The van der Waals surface area contributed by atoms with E-state index in [1.54, 1.807) is 17.0 Å². The summed E-state index contributed by atoms with van der Waals surface area (Å²) in [6.45, 7) is 9.66. The number of amides is 1. The summed E-state index contributed by atoms with van der Waals surface area (Å²) in [5, 5.41) is 4.16.